The van der Waals surface area contributed by atoms with E-state index < -0.39 is 21.6 Å². The molecule has 1 heterocycles. The van der Waals surface area contributed by atoms with Gasteiger partial charge in [0.2, 0.25) is 0 Å². The van der Waals surface area contributed by atoms with Crippen molar-refractivity contribution in [3.63, 3.8) is 0 Å². The quantitative estimate of drug-likeness (QED) is 0.409. The fourth-order valence-corrected chi connectivity index (χ4v) is 4.70. The summed E-state index contributed by atoms with van der Waals surface area (Å²) in [5.74, 6) is -0.180. The molecular weight excluding hydrogens is 444 g/mol. The number of methoxy groups -OCH3 is 1. The summed E-state index contributed by atoms with van der Waals surface area (Å²) in [5, 5.41) is 10.9. The molecule has 2 N–H and O–H groups in total. The molecule has 168 valence electrons. The zero-order valence-corrected chi connectivity index (χ0v) is 18.6. The Labute approximate surface area is 189 Å². The van der Waals surface area contributed by atoms with Crippen molar-refractivity contribution in [2.24, 2.45) is 4.99 Å². The number of hydrogen-bond acceptors (Lipinski definition) is 7. The molecule has 4 rings (SSSR count). The van der Waals surface area contributed by atoms with E-state index >= 15 is 0 Å². The Balaban J connectivity index is 1.72. The number of hydrogen-bond donors (Lipinski definition) is 2. The number of benzene rings is 3. The number of aromatic hydroxyl groups is 1. The molecule has 0 aliphatic rings. The smallest absolute Gasteiger partial charge is 0.346 e. The van der Waals surface area contributed by atoms with Gasteiger partial charge in [0.1, 0.15) is 5.75 Å². The first-order valence-corrected chi connectivity index (χ1v) is 11.3. The number of rotatable bonds is 6. The molecule has 0 radical (unpaired) electrons. The number of ether oxygens (including phenoxy) is 1. The van der Waals surface area contributed by atoms with E-state index in [4.69, 9.17) is 9.15 Å². The number of aryl methyl sites for hydroxylation is 1. The van der Waals surface area contributed by atoms with Gasteiger partial charge in [-0.25, -0.2) is 13.2 Å². The van der Waals surface area contributed by atoms with E-state index in [9.17, 15) is 18.3 Å². The molecule has 0 saturated carbocycles. The van der Waals surface area contributed by atoms with Crippen LogP contribution in [-0.4, -0.2) is 26.8 Å². The normalized spacial score (nSPS) is 11.7. The zero-order valence-electron chi connectivity index (χ0n) is 17.8. The van der Waals surface area contributed by atoms with Gasteiger partial charge in [-0.05, 0) is 42.8 Å². The molecule has 0 saturated heterocycles. The number of anilines is 1. The summed E-state index contributed by atoms with van der Waals surface area (Å²) in [6, 6.07) is 18.0. The molecule has 0 bridgehead atoms. The lowest BCUT2D eigenvalue weighted by Gasteiger charge is -2.13. The number of aliphatic imine (C=N–C) groups is 1. The highest BCUT2D eigenvalue weighted by Crippen LogP contribution is 2.29. The van der Waals surface area contributed by atoms with Crippen LogP contribution < -0.4 is 15.1 Å². The Morgan fingerprint density at radius 1 is 1.03 bits per heavy atom. The van der Waals surface area contributed by atoms with E-state index in [2.05, 4.69) is 9.71 Å². The maximum absolute atomic E-state index is 13.1. The minimum Gasteiger partial charge on any atom is -0.495 e. The van der Waals surface area contributed by atoms with E-state index in [0.29, 0.717) is 33.5 Å². The minimum absolute atomic E-state index is 0.0386. The predicted octanol–water partition coefficient (Wildman–Crippen LogP) is 4.37. The minimum atomic E-state index is -3.94. The van der Waals surface area contributed by atoms with Crippen molar-refractivity contribution in [1.82, 2.24) is 0 Å². The van der Waals surface area contributed by atoms with Crippen molar-refractivity contribution >= 4 is 38.4 Å². The van der Waals surface area contributed by atoms with Crippen LogP contribution >= 0.6 is 0 Å². The predicted molar refractivity (Wildman–Crippen MR) is 126 cm³/mol. The van der Waals surface area contributed by atoms with Crippen molar-refractivity contribution in [2.75, 3.05) is 11.8 Å². The second-order valence-corrected chi connectivity index (χ2v) is 8.82. The molecule has 8 nitrogen and oxygen atoms in total. The summed E-state index contributed by atoms with van der Waals surface area (Å²) in [6.45, 7) is 1.68. The van der Waals surface area contributed by atoms with Crippen LogP contribution in [0.2, 0.25) is 0 Å². The summed E-state index contributed by atoms with van der Waals surface area (Å²) in [7, 11) is -2.49. The van der Waals surface area contributed by atoms with Crippen LogP contribution in [0.3, 0.4) is 0 Å². The van der Waals surface area contributed by atoms with Gasteiger partial charge >= 0.3 is 5.63 Å². The third kappa shape index (κ3) is 4.44. The van der Waals surface area contributed by atoms with E-state index in [1.807, 2.05) is 0 Å². The van der Waals surface area contributed by atoms with Gasteiger partial charge in [-0.3, -0.25) is 9.71 Å². The topological polar surface area (TPSA) is 118 Å². The molecule has 33 heavy (non-hydrogen) atoms. The largest absolute Gasteiger partial charge is 0.495 e. The monoisotopic (exact) mass is 464 g/mol. The van der Waals surface area contributed by atoms with Crippen LogP contribution in [-0.2, 0) is 10.0 Å². The molecule has 0 amide bonds. The Hall–Kier alpha value is -4.11. The van der Waals surface area contributed by atoms with Crippen molar-refractivity contribution in [3.05, 3.63) is 88.3 Å². The van der Waals surface area contributed by atoms with Gasteiger partial charge in [-0.2, -0.15) is 0 Å². The molecular formula is C24H20N2O6S. The molecule has 0 fully saturated rings. The van der Waals surface area contributed by atoms with Crippen LogP contribution in [0.1, 0.15) is 11.1 Å². The average molecular weight is 464 g/mol. The van der Waals surface area contributed by atoms with Crippen LogP contribution in [0.15, 0.2) is 85.8 Å². The maximum atomic E-state index is 13.1. The molecule has 0 spiro atoms. The van der Waals surface area contributed by atoms with Gasteiger partial charge in [0.25, 0.3) is 16.0 Å². The molecule has 4 aromatic rings. The van der Waals surface area contributed by atoms with E-state index in [-0.39, 0.29) is 10.5 Å². The molecule has 0 aliphatic carbocycles. The molecule has 3 aromatic carbocycles. The van der Waals surface area contributed by atoms with Crippen molar-refractivity contribution in [1.29, 1.82) is 0 Å². The van der Waals surface area contributed by atoms with Crippen molar-refractivity contribution < 1.29 is 22.7 Å². The zero-order chi connectivity index (χ0) is 23.6. The molecule has 0 atom stereocenters. The number of para-hydroxylation sites is 2. The Bertz CT molecular complexity index is 1540. The first-order valence-electron chi connectivity index (χ1n) is 9.85. The lowest BCUT2D eigenvalue weighted by atomic mass is 10.1. The van der Waals surface area contributed by atoms with Crippen LogP contribution in [0.5, 0.6) is 11.7 Å². The molecule has 9 heteroatoms. The lowest BCUT2D eigenvalue weighted by molar-refractivity contribution is 0.312. The summed E-state index contributed by atoms with van der Waals surface area (Å²) in [6.07, 6.45) is 1.33. The summed E-state index contributed by atoms with van der Waals surface area (Å²) >= 11 is 0. The van der Waals surface area contributed by atoms with E-state index in [1.165, 1.54) is 19.4 Å². The first kappa shape index (κ1) is 22.1. The summed E-state index contributed by atoms with van der Waals surface area (Å²) in [4.78, 5) is 16.3. The van der Waals surface area contributed by atoms with E-state index in [0.717, 1.165) is 0 Å². The number of fused-ring (bicyclic) bond motifs is 1. The molecule has 1 aromatic heterocycles. The van der Waals surface area contributed by atoms with E-state index in [1.54, 1.807) is 67.6 Å². The third-order valence-corrected chi connectivity index (χ3v) is 6.52. The van der Waals surface area contributed by atoms with Crippen molar-refractivity contribution in [3.8, 4) is 11.7 Å². The highest BCUT2D eigenvalue weighted by molar-refractivity contribution is 7.92. The third-order valence-electron chi connectivity index (χ3n) is 5.01. The first-order chi connectivity index (χ1) is 15.8. The fourth-order valence-electron chi connectivity index (χ4n) is 3.36. The van der Waals surface area contributed by atoms with Gasteiger partial charge in [0.05, 0.1) is 34.3 Å². The highest BCUT2D eigenvalue weighted by Gasteiger charge is 2.19. The SMILES string of the molecule is COc1ccccc1NS(=O)(=O)c1cc(N=Cc2c(O)oc(=O)c3ccccc23)ccc1C. The lowest BCUT2D eigenvalue weighted by Crippen LogP contribution is -2.14. The van der Waals surface area contributed by atoms with Gasteiger partial charge in [0, 0.05) is 11.6 Å². The fraction of sp³-hybridized carbons (Fsp3) is 0.0833. The van der Waals surface area contributed by atoms with Crippen LogP contribution in [0, 0.1) is 6.92 Å². The van der Waals surface area contributed by atoms with Crippen LogP contribution in [0.4, 0.5) is 11.4 Å². The number of nitrogens with zero attached hydrogens (tertiary/aromatic N) is 1. The van der Waals surface area contributed by atoms with Gasteiger partial charge in [-0.1, -0.05) is 36.4 Å². The highest BCUT2D eigenvalue weighted by atomic mass is 32.2. The number of nitrogens with one attached hydrogen (secondary N) is 1. The van der Waals surface area contributed by atoms with Gasteiger partial charge < -0.3 is 14.3 Å². The summed E-state index contributed by atoms with van der Waals surface area (Å²) in [5.41, 5.74) is 0.712. The van der Waals surface area contributed by atoms with Crippen molar-refractivity contribution in [2.45, 2.75) is 11.8 Å². The second kappa shape index (κ2) is 8.79. The second-order valence-electron chi connectivity index (χ2n) is 7.17. The van der Waals surface area contributed by atoms with Gasteiger partial charge in [0.15, 0.2) is 0 Å². The molecule has 0 unspecified atom stereocenters. The average Bonchev–Trinajstić information content (AvgIpc) is 2.80. The van der Waals surface area contributed by atoms with Gasteiger partial charge in [-0.15, -0.1) is 0 Å². The Morgan fingerprint density at radius 2 is 1.73 bits per heavy atom. The number of sulfonamides is 1. The Morgan fingerprint density at radius 3 is 2.48 bits per heavy atom. The maximum Gasteiger partial charge on any atom is 0.346 e. The summed E-state index contributed by atoms with van der Waals surface area (Å²) < 4.78 is 38.8. The standard InChI is InChI=1S/C24H20N2O6S/c1-15-11-12-16(13-22(15)33(29,30)26-20-9-5-6-10-21(20)31-2)25-14-19-17-7-3-4-8-18(17)23(27)32-24(19)28/h3-14,26,28H,1-2H3. The van der Waals surface area contributed by atoms with Crippen LogP contribution in [0.25, 0.3) is 10.8 Å². The molecule has 0 aliphatic heterocycles. The Kier molecular flexibility index (Phi) is 5.89.